The summed E-state index contributed by atoms with van der Waals surface area (Å²) in [6, 6.07) is 13.7. The zero-order valence-corrected chi connectivity index (χ0v) is 16.5. The number of fused-ring (bicyclic) bond motifs is 1. The Morgan fingerprint density at radius 1 is 1.16 bits per heavy atom. The summed E-state index contributed by atoms with van der Waals surface area (Å²) in [5.74, 6) is 0.647. The van der Waals surface area contributed by atoms with Crippen LogP contribution in [0.15, 0.2) is 46.8 Å². The van der Waals surface area contributed by atoms with Gasteiger partial charge in [-0.3, -0.25) is 0 Å². The quantitative estimate of drug-likeness (QED) is 0.630. The fourth-order valence-electron chi connectivity index (χ4n) is 2.72. The summed E-state index contributed by atoms with van der Waals surface area (Å²) in [6.45, 7) is 3.99. The average Bonchev–Trinajstić information content (AvgIpc) is 2.92. The van der Waals surface area contributed by atoms with Crippen LogP contribution in [0.1, 0.15) is 28.4 Å². The second-order valence-electron chi connectivity index (χ2n) is 6.08. The number of nitrogens with two attached hydrogens (primary N) is 1. The fourth-order valence-corrected chi connectivity index (χ4v) is 5.97. The highest BCUT2D eigenvalue weighted by Crippen LogP contribution is 2.33. The molecule has 3 aromatic rings. The third-order valence-electron chi connectivity index (χ3n) is 3.94. The van der Waals surface area contributed by atoms with Crippen molar-refractivity contribution in [1.29, 1.82) is 0 Å². The van der Waals surface area contributed by atoms with Crippen molar-refractivity contribution >= 4 is 43.3 Å². The number of thioether (sulfide) groups is 1. The van der Waals surface area contributed by atoms with Crippen molar-refractivity contribution < 1.29 is 8.42 Å². The van der Waals surface area contributed by atoms with Crippen LogP contribution < -0.4 is 5.14 Å². The van der Waals surface area contributed by atoms with Crippen LogP contribution in [-0.4, -0.2) is 19.2 Å². The third-order valence-corrected chi connectivity index (χ3v) is 7.45. The van der Waals surface area contributed by atoms with Crippen molar-refractivity contribution in [2.45, 2.75) is 29.9 Å². The van der Waals surface area contributed by atoms with E-state index in [1.165, 1.54) is 5.56 Å². The number of hydrogen-bond acceptors (Lipinski definition) is 5. The Morgan fingerprint density at radius 2 is 1.92 bits per heavy atom. The van der Waals surface area contributed by atoms with Crippen LogP contribution >= 0.6 is 23.1 Å². The normalized spacial score (nSPS) is 13.2. The van der Waals surface area contributed by atoms with E-state index >= 15 is 0 Å². The Bertz CT molecular complexity index is 996. The maximum atomic E-state index is 12.0. The van der Waals surface area contributed by atoms with Gasteiger partial charge in [-0.15, -0.1) is 11.3 Å². The zero-order chi connectivity index (χ0) is 18.0. The lowest BCUT2D eigenvalue weighted by molar-refractivity contribution is 0.581. The minimum absolute atomic E-state index is 0.460. The van der Waals surface area contributed by atoms with E-state index in [0.717, 1.165) is 25.7 Å². The number of hydrogen-bond donors (Lipinski definition) is 1. The fraction of sp³-hybridized carbons (Fsp3) is 0.278. The van der Waals surface area contributed by atoms with Crippen LogP contribution in [-0.2, 0) is 10.0 Å². The standard InChI is InChI=1S/C18H20N2O2S3/c1-12-4-3-5-14(10-12)17(25(19,21)22)8-9-23-18-20-15-11-13(2)6-7-16(15)24-18/h3-7,10-11,17H,8-9H2,1-2H3,(H2,19,21,22). The van der Waals surface area contributed by atoms with Crippen LogP contribution in [0, 0.1) is 13.8 Å². The smallest absolute Gasteiger partial charge is 0.216 e. The molecular weight excluding hydrogens is 372 g/mol. The lowest BCUT2D eigenvalue weighted by Gasteiger charge is -2.15. The molecule has 3 rings (SSSR count). The Balaban J connectivity index is 1.72. The molecule has 0 spiro atoms. The summed E-state index contributed by atoms with van der Waals surface area (Å²) >= 11 is 3.22. The van der Waals surface area contributed by atoms with Crippen molar-refractivity contribution in [3.05, 3.63) is 59.2 Å². The van der Waals surface area contributed by atoms with E-state index in [4.69, 9.17) is 5.14 Å². The van der Waals surface area contributed by atoms with Crippen LogP contribution in [0.4, 0.5) is 0 Å². The van der Waals surface area contributed by atoms with Gasteiger partial charge in [-0.1, -0.05) is 47.7 Å². The largest absolute Gasteiger partial charge is 0.230 e. The molecule has 0 fully saturated rings. The molecule has 0 saturated carbocycles. The van der Waals surface area contributed by atoms with Gasteiger partial charge in [0.1, 0.15) is 5.25 Å². The number of aryl methyl sites for hydroxylation is 2. The van der Waals surface area contributed by atoms with Gasteiger partial charge in [-0.2, -0.15) is 0 Å². The van der Waals surface area contributed by atoms with Gasteiger partial charge in [0.15, 0.2) is 4.34 Å². The number of aromatic nitrogens is 1. The first-order valence-electron chi connectivity index (χ1n) is 7.91. The SMILES string of the molecule is Cc1cccc(C(CCSc2nc3cc(C)ccc3s2)S(N)(=O)=O)c1. The summed E-state index contributed by atoms with van der Waals surface area (Å²) in [4.78, 5) is 4.62. The van der Waals surface area contributed by atoms with Gasteiger partial charge in [0.05, 0.1) is 10.2 Å². The second kappa shape index (κ2) is 7.45. The van der Waals surface area contributed by atoms with Gasteiger partial charge in [-0.05, 0) is 43.5 Å². The third kappa shape index (κ3) is 4.61. The Kier molecular flexibility index (Phi) is 5.48. The molecule has 0 aliphatic heterocycles. The maximum Gasteiger partial charge on any atom is 0.216 e. The van der Waals surface area contributed by atoms with Gasteiger partial charge < -0.3 is 0 Å². The molecule has 0 aliphatic rings. The highest BCUT2D eigenvalue weighted by Gasteiger charge is 2.23. The van der Waals surface area contributed by atoms with Crippen molar-refractivity contribution in [1.82, 2.24) is 4.98 Å². The lowest BCUT2D eigenvalue weighted by Crippen LogP contribution is -2.22. The molecule has 25 heavy (non-hydrogen) atoms. The summed E-state index contributed by atoms with van der Waals surface area (Å²) in [5.41, 5.74) is 3.96. The predicted octanol–water partition coefficient (Wildman–Crippen LogP) is 4.43. The molecule has 2 aromatic carbocycles. The molecule has 132 valence electrons. The second-order valence-corrected chi connectivity index (χ2v) is 10.2. The first-order valence-corrected chi connectivity index (χ1v) is 11.3. The Morgan fingerprint density at radius 3 is 2.64 bits per heavy atom. The molecule has 1 aromatic heterocycles. The molecule has 0 saturated heterocycles. The highest BCUT2D eigenvalue weighted by molar-refractivity contribution is 8.01. The number of benzene rings is 2. The van der Waals surface area contributed by atoms with E-state index in [2.05, 4.69) is 23.2 Å². The monoisotopic (exact) mass is 392 g/mol. The average molecular weight is 393 g/mol. The molecule has 0 aliphatic carbocycles. The Hall–Kier alpha value is -1.41. The molecule has 0 radical (unpaired) electrons. The number of sulfonamides is 1. The number of rotatable bonds is 6. The molecule has 1 atom stereocenters. The van der Waals surface area contributed by atoms with E-state index in [1.807, 2.05) is 38.1 Å². The number of nitrogens with zero attached hydrogens (tertiary/aromatic N) is 1. The van der Waals surface area contributed by atoms with Crippen molar-refractivity contribution in [3.8, 4) is 0 Å². The molecule has 4 nitrogen and oxygen atoms in total. The first kappa shape index (κ1) is 18.4. The van der Waals surface area contributed by atoms with Gasteiger partial charge in [0.2, 0.25) is 10.0 Å². The van der Waals surface area contributed by atoms with Crippen molar-refractivity contribution in [2.75, 3.05) is 5.75 Å². The van der Waals surface area contributed by atoms with Crippen LogP contribution in [0.2, 0.25) is 0 Å². The zero-order valence-electron chi connectivity index (χ0n) is 14.1. The summed E-state index contributed by atoms with van der Waals surface area (Å²) in [5, 5.41) is 4.79. The maximum absolute atomic E-state index is 12.0. The molecule has 1 heterocycles. The van der Waals surface area contributed by atoms with Gasteiger partial charge >= 0.3 is 0 Å². The van der Waals surface area contributed by atoms with Crippen LogP contribution in [0.25, 0.3) is 10.2 Å². The summed E-state index contributed by atoms with van der Waals surface area (Å²) in [7, 11) is -3.65. The molecule has 7 heteroatoms. The van der Waals surface area contributed by atoms with E-state index in [1.54, 1.807) is 23.1 Å². The molecule has 0 bridgehead atoms. The number of thiazole rings is 1. The van der Waals surface area contributed by atoms with E-state index in [-0.39, 0.29) is 0 Å². The predicted molar refractivity (Wildman–Crippen MR) is 107 cm³/mol. The Labute approximate surface area is 156 Å². The molecule has 2 N–H and O–H groups in total. The minimum Gasteiger partial charge on any atom is -0.230 e. The van der Waals surface area contributed by atoms with E-state index in [0.29, 0.717) is 12.2 Å². The van der Waals surface area contributed by atoms with E-state index < -0.39 is 15.3 Å². The first-order chi connectivity index (χ1) is 11.8. The van der Waals surface area contributed by atoms with Crippen molar-refractivity contribution in [2.24, 2.45) is 5.14 Å². The minimum atomic E-state index is -3.65. The lowest BCUT2D eigenvalue weighted by atomic mass is 10.1. The van der Waals surface area contributed by atoms with Crippen LogP contribution in [0.5, 0.6) is 0 Å². The van der Waals surface area contributed by atoms with Crippen molar-refractivity contribution in [3.63, 3.8) is 0 Å². The number of primary sulfonamides is 1. The van der Waals surface area contributed by atoms with Gasteiger partial charge in [0.25, 0.3) is 0 Å². The van der Waals surface area contributed by atoms with Gasteiger partial charge in [-0.25, -0.2) is 18.5 Å². The van der Waals surface area contributed by atoms with E-state index in [9.17, 15) is 8.42 Å². The summed E-state index contributed by atoms with van der Waals surface area (Å²) < 4.78 is 26.1. The molecule has 0 amide bonds. The molecule has 1 unspecified atom stereocenters. The molecular formula is C18H20N2O2S3. The highest BCUT2D eigenvalue weighted by atomic mass is 32.2. The van der Waals surface area contributed by atoms with Crippen LogP contribution in [0.3, 0.4) is 0 Å². The summed E-state index contributed by atoms with van der Waals surface area (Å²) in [6.07, 6.45) is 0.460. The topological polar surface area (TPSA) is 73.0 Å². The van der Waals surface area contributed by atoms with Gasteiger partial charge in [0, 0.05) is 5.75 Å².